The van der Waals surface area contributed by atoms with Crippen LogP contribution in [0.15, 0.2) is 34.9 Å². The molecule has 26 heavy (non-hydrogen) atoms. The van der Waals surface area contributed by atoms with E-state index in [0.29, 0.717) is 36.1 Å². The Hall–Kier alpha value is -2.34. The molecule has 138 valence electrons. The molecule has 2 heterocycles. The second-order valence-electron chi connectivity index (χ2n) is 6.25. The fraction of sp³-hybridized carbons (Fsp3) is 0.421. The average molecular weight is 377 g/mol. The van der Waals surface area contributed by atoms with Crippen molar-refractivity contribution in [2.45, 2.75) is 38.1 Å². The molecular formula is C19H21ClN2O4. The second-order valence-corrected chi connectivity index (χ2v) is 6.68. The van der Waals surface area contributed by atoms with Gasteiger partial charge in [-0.3, -0.25) is 4.79 Å². The summed E-state index contributed by atoms with van der Waals surface area (Å²) in [5.74, 6) is 0.704. The number of aromatic nitrogens is 1. The molecular weight excluding hydrogens is 356 g/mol. The Bertz CT molecular complexity index is 772. The van der Waals surface area contributed by atoms with E-state index in [9.17, 15) is 9.59 Å². The molecule has 1 aliphatic rings. The number of carbonyl (C=O) groups is 2. The van der Waals surface area contributed by atoms with Crippen molar-refractivity contribution in [3.8, 4) is 11.3 Å². The quantitative estimate of drug-likeness (QED) is 0.747. The van der Waals surface area contributed by atoms with Gasteiger partial charge in [0.25, 0.3) is 0 Å². The lowest BCUT2D eigenvalue weighted by molar-refractivity contribution is -0.154. The summed E-state index contributed by atoms with van der Waals surface area (Å²) in [5, 5.41) is 0.653. The molecule has 1 aromatic heterocycles. The van der Waals surface area contributed by atoms with Crippen molar-refractivity contribution in [3.05, 3.63) is 41.4 Å². The predicted molar refractivity (Wildman–Crippen MR) is 96.6 cm³/mol. The third-order valence-corrected chi connectivity index (χ3v) is 4.78. The van der Waals surface area contributed by atoms with E-state index in [4.69, 9.17) is 20.8 Å². The van der Waals surface area contributed by atoms with Crippen LogP contribution in [0.3, 0.4) is 0 Å². The Labute approximate surface area is 157 Å². The van der Waals surface area contributed by atoms with E-state index in [1.165, 1.54) is 7.11 Å². The van der Waals surface area contributed by atoms with Crippen molar-refractivity contribution in [2.75, 3.05) is 13.7 Å². The lowest BCUT2D eigenvalue weighted by atomic mass is 10.0. The van der Waals surface area contributed by atoms with Crippen molar-refractivity contribution in [1.29, 1.82) is 0 Å². The minimum absolute atomic E-state index is 0.0775. The molecule has 3 rings (SSSR count). The van der Waals surface area contributed by atoms with Crippen molar-refractivity contribution in [1.82, 2.24) is 9.88 Å². The van der Waals surface area contributed by atoms with Crippen molar-refractivity contribution in [3.63, 3.8) is 0 Å². The molecule has 2 aromatic rings. The molecule has 1 aliphatic heterocycles. The van der Waals surface area contributed by atoms with Crippen LogP contribution in [-0.2, 0) is 20.7 Å². The second kappa shape index (κ2) is 8.36. The number of likely N-dealkylation sites (tertiary alicyclic amines) is 1. The molecule has 0 bridgehead atoms. The Morgan fingerprint density at radius 1 is 1.31 bits per heavy atom. The summed E-state index contributed by atoms with van der Waals surface area (Å²) in [7, 11) is 1.35. The predicted octanol–water partition coefficient (Wildman–Crippen LogP) is 3.48. The number of esters is 1. The average Bonchev–Trinajstić information content (AvgIpc) is 3.15. The highest BCUT2D eigenvalue weighted by Crippen LogP contribution is 2.23. The number of rotatable bonds is 5. The van der Waals surface area contributed by atoms with Crippen molar-refractivity contribution in [2.24, 2.45) is 0 Å². The number of hydrogen-bond acceptors (Lipinski definition) is 5. The van der Waals surface area contributed by atoms with Crippen LogP contribution < -0.4 is 0 Å². The molecule has 1 fully saturated rings. The number of piperidine rings is 1. The van der Waals surface area contributed by atoms with Gasteiger partial charge in [-0.05, 0) is 43.5 Å². The lowest BCUT2D eigenvalue weighted by Gasteiger charge is -2.33. The number of nitrogens with zero attached hydrogens (tertiary/aromatic N) is 2. The van der Waals surface area contributed by atoms with Crippen molar-refractivity contribution >= 4 is 23.5 Å². The van der Waals surface area contributed by atoms with Gasteiger partial charge in [-0.1, -0.05) is 11.6 Å². The van der Waals surface area contributed by atoms with Crippen LogP contribution in [0.2, 0.25) is 5.02 Å². The van der Waals surface area contributed by atoms with Gasteiger partial charge in [0, 0.05) is 30.0 Å². The molecule has 7 heteroatoms. The zero-order chi connectivity index (χ0) is 18.5. The molecule has 0 N–H and O–H groups in total. The first-order valence-electron chi connectivity index (χ1n) is 8.66. The van der Waals surface area contributed by atoms with E-state index in [2.05, 4.69) is 4.98 Å². The number of hydrogen-bond donors (Lipinski definition) is 0. The fourth-order valence-electron chi connectivity index (χ4n) is 3.14. The van der Waals surface area contributed by atoms with Gasteiger partial charge in [0.1, 0.15) is 6.04 Å². The Balaban J connectivity index is 1.60. The topological polar surface area (TPSA) is 72.6 Å². The van der Waals surface area contributed by atoms with Crippen LogP contribution in [-0.4, -0.2) is 41.5 Å². The lowest BCUT2D eigenvalue weighted by Crippen LogP contribution is -2.48. The smallest absolute Gasteiger partial charge is 0.328 e. The normalized spacial score (nSPS) is 17.2. The number of carbonyl (C=O) groups excluding carboxylic acids is 2. The largest absolute Gasteiger partial charge is 0.467 e. The minimum Gasteiger partial charge on any atom is -0.467 e. The minimum atomic E-state index is -0.476. The summed E-state index contributed by atoms with van der Waals surface area (Å²) in [6, 6.07) is 6.80. The number of benzene rings is 1. The number of ether oxygens (including phenoxy) is 1. The summed E-state index contributed by atoms with van der Waals surface area (Å²) in [6.07, 6.45) is 4.75. The molecule has 1 saturated heterocycles. The number of amides is 1. The van der Waals surface area contributed by atoms with E-state index in [1.54, 1.807) is 23.2 Å². The SMILES string of the molecule is COC(=O)C1CCCCN1C(=O)CCc1ncc(-c2ccc(Cl)cc2)o1. The standard InChI is InChI=1S/C19H21ClN2O4/c1-25-19(24)15-4-2-3-11-22(15)18(23)10-9-17-21-12-16(26-17)13-5-7-14(20)8-6-13/h5-8,12,15H,2-4,9-11H2,1H3. The molecule has 0 spiro atoms. The van der Waals surface area contributed by atoms with E-state index >= 15 is 0 Å². The van der Waals surface area contributed by atoms with Crippen molar-refractivity contribution < 1.29 is 18.7 Å². The number of methoxy groups -OCH3 is 1. The fourth-order valence-corrected chi connectivity index (χ4v) is 3.27. The van der Waals surface area contributed by atoms with Gasteiger partial charge in [0.15, 0.2) is 11.7 Å². The van der Waals surface area contributed by atoms with Crippen LogP contribution in [0.5, 0.6) is 0 Å². The highest BCUT2D eigenvalue weighted by molar-refractivity contribution is 6.30. The highest BCUT2D eigenvalue weighted by Gasteiger charge is 2.32. The van der Waals surface area contributed by atoms with E-state index in [0.717, 1.165) is 18.4 Å². The van der Waals surface area contributed by atoms with Crippen LogP contribution >= 0.6 is 11.6 Å². The molecule has 0 aliphatic carbocycles. The van der Waals surface area contributed by atoms with Crippen LogP contribution in [0, 0.1) is 0 Å². The molecule has 1 amide bonds. The number of aryl methyl sites for hydroxylation is 1. The molecule has 0 radical (unpaired) electrons. The van der Waals surface area contributed by atoms with Crippen LogP contribution in [0.4, 0.5) is 0 Å². The maximum Gasteiger partial charge on any atom is 0.328 e. The molecule has 1 atom stereocenters. The maximum absolute atomic E-state index is 12.6. The molecule has 0 saturated carbocycles. The third kappa shape index (κ3) is 4.25. The highest BCUT2D eigenvalue weighted by atomic mass is 35.5. The Morgan fingerprint density at radius 3 is 2.81 bits per heavy atom. The Morgan fingerprint density at radius 2 is 2.08 bits per heavy atom. The van der Waals surface area contributed by atoms with Gasteiger partial charge in [-0.15, -0.1) is 0 Å². The molecule has 1 unspecified atom stereocenters. The summed E-state index contributed by atoms with van der Waals surface area (Å²) < 4.78 is 10.5. The number of oxazole rings is 1. The monoisotopic (exact) mass is 376 g/mol. The van der Waals surface area contributed by atoms with Gasteiger partial charge in [-0.25, -0.2) is 9.78 Å². The Kier molecular flexibility index (Phi) is 5.93. The van der Waals surface area contributed by atoms with Gasteiger partial charge in [-0.2, -0.15) is 0 Å². The van der Waals surface area contributed by atoms with Crippen LogP contribution in [0.25, 0.3) is 11.3 Å². The summed E-state index contributed by atoms with van der Waals surface area (Å²) >= 11 is 5.89. The van der Waals surface area contributed by atoms with E-state index in [1.807, 2.05) is 12.1 Å². The van der Waals surface area contributed by atoms with Gasteiger partial charge in [0.05, 0.1) is 13.3 Å². The van der Waals surface area contributed by atoms with Gasteiger partial charge in [0.2, 0.25) is 5.91 Å². The van der Waals surface area contributed by atoms with Gasteiger partial charge >= 0.3 is 5.97 Å². The summed E-state index contributed by atoms with van der Waals surface area (Å²) in [5.41, 5.74) is 0.876. The third-order valence-electron chi connectivity index (χ3n) is 4.53. The summed E-state index contributed by atoms with van der Waals surface area (Å²) in [4.78, 5) is 30.3. The zero-order valence-corrected chi connectivity index (χ0v) is 15.4. The van der Waals surface area contributed by atoms with E-state index in [-0.39, 0.29) is 18.3 Å². The van der Waals surface area contributed by atoms with Crippen LogP contribution in [0.1, 0.15) is 31.6 Å². The van der Waals surface area contributed by atoms with Gasteiger partial charge < -0.3 is 14.1 Å². The summed E-state index contributed by atoms with van der Waals surface area (Å²) in [6.45, 7) is 0.584. The number of halogens is 1. The molecule has 1 aromatic carbocycles. The first-order valence-corrected chi connectivity index (χ1v) is 9.04. The first-order chi connectivity index (χ1) is 12.6. The zero-order valence-electron chi connectivity index (χ0n) is 14.6. The first kappa shape index (κ1) is 18.5. The van der Waals surface area contributed by atoms with E-state index < -0.39 is 6.04 Å². The molecule has 6 nitrogen and oxygen atoms in total. The maximum atomic E-state index is 12.6.